The molecule has 1 atom stereocenters. The van der Waals surface area contributed by atoms with Gasteiger partial charge in [-0.2, -0.15) is 0 Å². The van der Waals surface area contributed by atoms with Crippen LogP contribution in [0, 0.1) is 0 Å². The Balaban J connectivity index is 1.14. The number of amides is 1. The van der Waals surface area contributed by atoms with Crippen molar-refractivity contribution in [2.75, 3.05) is 37.6 Å². The Hall–Kier alpha value is -3.38. The van der Waals surface area contributed by atoms with Crippen molar-refractivity contribution in [3.63, 3.8) is 0 Å². The minimum atomic E-state index is -0.244. The lowest BCUT2D eigenvalue weighted by Crippen LogP contribution is -2.46. The molecule has 6 nitrogen and oxygen atoms in total. The van der Waals surface area contributed by atoms with Crippen LogP contribution in [0.25, 0.3) is 0 Å². The number of hydrogen-bond acceptors (Lipinski definition) is 5. The van der Waals surface area contributed by atoms with Crippen molar-refractivity contribution >= 4 is 11.8 Å². The van der Waals surface area contributed by atoms with Gasteiger partial charge in [-0.1, -0.05) is 48.5 Å². The predicted molar refractivity (Wildman–Crippen MR) is 124 cm³/mol. The second-order valence-electron chi connectivity index (χ2n) is 8.41. The van der Waals surface area contributed by atoms with Crippen LogP contribution in [0.5, 0.6) is 0 Å². The average molecular weight is 429 g/mol. The first-order valence-electron chi connectivity index (χ1n) is 11.2. The van der Waals surface area contributed by atoms with Gasteiger partial charge in [-0.25, -0.2) is 4.79 Å². The van der Waals surface area contributed by atoms with Crippen LogP contribution in [0.3, 0.4) is 0 Å². The Morgan fingerprint density at radius 3 is 2.31 bits per heavy atom. The number of rotatable bonds is 6. The highest BCUT2D eigenvalue weighted by molar-refractivity contribution is 5.70. The number of aromatic nitrogens is 1. The molecule has 164 valence electrons. The summed E-state index contributed by atoms with van der Waals surface area (Å²) in [7, 11) is 0. The molecular formula is C26H28N4O2. The molecule has 0 bridgehead atoms. The normalized spacial score (nSPS) is 19.2. The number of pyridine rings is 1. The highest BCUT2D eigenvalue weighted by Gasteiger charge is 2.32. The molecule has 3 heterocycles. The zero-order valence-electron chi connectivity index (χ0n) is 18.1. The summed E-state index contributed by atoms with van der Waals surface area (Å²) in [5.41, 5.74) is 4.52. The fraction of sp³-hybridized carbons (Fsp3) is 0.308. The molecule has 5 rings (SSSR count). The molecule has 6 heteroatoms. The molecule has 1 aromatic heterocycles. The fourth-order valence-corrected chi connectivity index (χ4v) is 4.40. The Kier molecular flexibility index (Phi) is 6.03. The second-order valence-corrected chi connectivity index (χ2v) is 8.41. The number of carbonyl (C=O) groups excluding carboxylic acids is 1. The van der Waals surface area contributed by atoms with Gasteiger partial charge in [-0.05, 0) is 35.4 Å². The van der Waals surface area contributed by atoms with E-state index in [0.717, 1.165) is 49.5 Å². The van der Waals surface area contributed by atoms with Crippen LogP contribution in [-0.4, -0.2) is 53.6 Å². The zero-order chi connectivity index (χ0) is 21.8. The number of carbonyl (C=O) groups is 1. The van der Waals surface area contributed by atoms with Crippen molar-refractivity contribution < 1.29 is 9.53 Å². The second kappa shape index (κ2) is 9.40. The maximum atomic E-state index is 12.3. The van der Waals surface area contributed by atoms with Gasteiger partial charge in [0, 0.05) is 51.2 Å². The van der Waals surface area contributed by atoms with Crippen molar-refractivity contribution in [1.29, 1.82) is 0 Å². The van der Waals surface area contributed by atoms with Gasteiger partial charge in [0.05, 0.1) is 12.2 Å². The molecule has 2 aliphatic heterocycles. The van der Waals surface area contributed by atoms with E-state index in [1.165, 1.54) is 5.69 Å². The summed E-state index contributed by atoms with van der Waals surface area (Å²) in [5, 5.41) is 0. The maximum absolute atomic E-state index is 12.3. The molecule has 2 aromatic carbocycles. The van der Waals surface area contributed by atoms with Gasteiger partial charge < -0.3 is 9.64 Å². The minimum Gasteiger partial charge on any atom is -0.439 e. The van der Waals surface area contributed by atoms with Crippen molar-refractivity contribution in [2.24, 2.45) is 0 Å². The highest BCUT2D eigenvalue weighted by Crippen LogP contribution is 2.27. The molecule has 0 saturated carbocycles. The summed E-state index contributed by atoms with van der Waals surface area (Å²) in [5.74, 6) is 0. The third-order valence-corrected chi connectivity index (χ3v) is 6.22. The third-order valence-electron chi connectivity index (χ3n) is 6.22. The van der Waals surface area contributed by atoms with E-state index in [2.05, 4.69) is 45.1 Å². The van der Waals surface area contributed by atoms with Crippen LogP contribution in [0.4, 0.5) is 10.5 Å². The summed E-state index contributed by atoms with van der Waals surface area (Å²) >= 11 is 0. The van der Waals surface area contributed by atoms with Gasteiger partial charge in [-0.3, -0.25) is 14.8 Å². The number of cyclic esters (lactones) is 1. The summed E-state index contributed by atoms with van der Waals surface area (Å²) in [6, 6.07) is 24.6. The van der Waals surface area contributed by atoms with E-state index in [1.807, 2.05) is 48.7 Å². The number of anilines is 1. The molecular weight excluding hydrogens is 400 g/mol. The summed E-state index contributed by atoms with van der Waals surface area (Å²) < 4.78 is 5.57. The quantitative estimate of drug-likeness (QED) is 0.592. The van der Waals surface area contributed by atoms with Crippen molar-refractivity contribution in [2.45, 2.75) is 19.2 Å². The average Bonchev–Trinajstić information content (AvgIpc) is 3.21. The first kappa shape index (κ1) is 20.5. The lowest BCUT2D eigenvalue weighted by Gasteiger charge is -2.36. The molecule has 1 amide bonds. The highest BCUT2D eigenvalue weighted by atomic mass is 16.6. The van der Waals surface area contributed by atoms with Gasteiger partial charge in [0.15, 0.2) is 0 Å². The monoisotopic (exact) mass is 428 g/mol. The van der Waals surface area contributed by atoms with E-state index >= 15 is 0 Å². The first-order chi connectivity index (χ1) is 15.7. The van der Waals surface area contributed by atoms with Gasteiger partial charge >= 0.3 is 6.09 Å². The van der Waals surface area contributed by atoms with E-state index in [9.17, 15) is 4.79 Å². The van der Waals surface area contributed by atoms with Crippen LogP contribution in [0.1, 0.15) is 22.9 Å². The van der Waals surface area contributed by atoms with Crippen LogP contribution in [0.2, 0.25) is 0 Å². The van der Waals surface area contributed by atoms with Crippen LogP contribution >= 0.6 is 0 Å². The maximum Gasteiger partial charge on any atom is 0.410 e. The Morgan fingerprint density at radius 1 is 0.844 bits per heavy atom. The number of hydrogen-bond donors (Lipinski definition) is 0. The van der Waals surface area contributed by atoms with Crippen molar-refractivity contribution in [3.05, 3.63) is 95.8 Å². The number of benzene rings is 2. The lowest BCUT2D eigenvalue weighted by atomic mass is 10.1. The predicted octanol–water partition coefficient (Wildman–Crippen LogP) is 4.10. The summed E-state index contributed by atoms with van der Waals surface area (Å²) in [4.78, 5) is 23.4. The summed E-state index contributed by atoms with van der Waals surface area (Å²) in [6.45, 7) is 6.12. The number of nitrogens with zero attached hydrogens (tertiary/aromatic N) is 4. The van der Waals surface area contributed by atoms with Crippen LogP contribution < -0.4 is 4.90 Å². The molecule has 0 N–H and O–H groups in total. The first-order valence-corrected chi connectivity index (χ1v) is 11.2. The van der Waals surface area contributed by atoms with E-state index < -0.39 is 0 Å². The van der Waals surface area contributed by atoms with E-state index in [-0.39, 0.29) is 12.2 Å². The number of piperazine rings is 1. The minimum absolute atomic E-state index is 0.189. The van der Waals surface area contributed by atoms with Gasteiger partial charge in [0.25, 0.3) is 0 Å². The van der Waals surface area contributed by atoms with Crippen LogP contribution in [0.15, 0.2) is 79.0 Å². The SMILES string of the molecule is O=C1O[C@H](c2ccccc2)CN1Cc1ccc(N2CCN(Cc3ccccn3)CC2)cc1. The Morgan fingerprint density at radius 2 is 1.59 bits per heavy atom. The molecule has 0 spiro atoms. The molecule has 2 fully saturated rings. The fourth-order valence-electron chi connectivity index (χ4n) is 4.40. The van der Waals surface area contributed by atoms with E-state index in [0.29, 0.717) is 13.1 Å². The smallest absolute Gasteiger partial charge is 0.410 e. The largest absolute Gasteiger partial charge is 0.439 e. The zero-order valence-corrected chi connectivity index (χ0v) is 18.1. The molecule has 0 unspecified atom stereocenters. The van der Waals surface area contributed by atoms with Gasteiger partial charge in [-0.15, -0.1) is 0 Å². The molecule has 2 aliphatic rings. The Bertz CT molecular complexity index is 1020. The number of ether oxygens (including phenoxy) is 1. The molecule has 2 saturated heterocycles. The molecule has 3 aromatic rings. The Labute approximate surface area is 189 Å². The van der Waals surface area contributed by atoms with E-state index in [1.54, 1.807) is 4.90 Å². The third kappa shape index (κ3) is 4.75. The molecule has 32 heavy (non-hydrogen) atoms. The van der Waals surface area contributed by atoms with Crippen molar-refractivity contribution in [1.82, 2.24) is 14.8 Å². The van der Waals surface area contributed by atoms with Crippen LogP contribution in [-0.2, 0) is 17.8 Å². The molecule has 0 radical (unpaired) electrons. The summed E-state index contributed by atoms with van der Waals surface area (Å²) in [6.07, 6.45) is 1.42. The van der Waals surface area contributed by atoms with Gasteiger partial charge in [0.1, 0.15) is 6.10 Å². The lowest BCUT2D eigenvalue weighted by molar-refractivity contribution is 0.132. The topological polar surface area (TPSA) is 48.9 Å². The van der Waals surface area contributed by atoms with E-state index in [4.69, 9.17) is 4.74 Å². The van der Waals surface area contributed by atoms with Crippen molar-refractivity contribution in [3.8, 4) is 0 Å². The van der Waals surface area contributed by atoms with Gasteiger partial charge in [0.2, 0.25) is 0 Å². The standard InChI is InChI=1S/C26H28N4O2/c31-26-30(20-25(32-26)22-6-2-1-3-7-22)18-21-9-11-24(12-10-21)29-16-14-28(15-17-29)19-23-8-4-5-13-27-23/h1-13,25H,14-20H2/t25-/m0/s1. The molecule has 0 aliphatic carbocycles.